The van der Waals surface area contributed by atoms with Crippen LogP contribution >= 0.6 is 11.6 Å². The third kappa shape index (κ3) is 4.70. The average Bonchev–Trinajstić information content (AvgIpc) is 2.52. The molecule has 0 aliphatic rings. The van der Waals surface area contributed by atoms with Gasteiger partial charge >= 0.3 is 5.97 Å². The number of carbonyl (C=O) groups is 2. The fourth-order valence-corrected chi connectivity index (χ4v) is 2.45. The first-order valence-electron chi connectivity index (χ1n) is 7.30. The van der Waals surface area contributed by atoms with Gasteiger partial charge in [0.2, 0.25) is 0 Å². The monoisotopic (exact) mass is 344 g/mol. The molecule has 0 bridgehead atoms. The van der Waals surface area contributed by atoms with Gasteiger partial charge in [-0.05, 0) is 73.0 Å². The first-order chi connectivity index (χ1) is 11.4. The van der Waals surface area contributed by atoms with Crippen LogP contribution < -0.4 is 4.74 Å². The zero-order valence-electron chi connectivity index (χ0n) is 13.4. The molecule has 4 nitrogen and oxygen atoms in total. The highest BCUT2D eigenvalue weighted by atomic mass is 35.5. The van der Waals surface area contributed by atoms with Crippen molar-refractivity contribution in [2.75, 3.05) is 6.61 Å². The van der Waals surface area contributed by atoms with Crippen LogP contribution in [0.4, 0.5) is 0 Å². The molecule has 124 valence electrons. The lowest BCUT2D eigenvalue weighted by molar-refractivity contribution is -0.139. The molecule has 2 rings (SSSR count). The predicted octanol–water partition coefficient (Wildman–Crippen LogP) is 4.32. The maximum Gasteiger partial charge on any atom is 0.341 e. The first kappa shape index (κ1) is 17.8. The lowest BCUT2D eigenvalue weighted by atomic mass is 10.0. The number of aryl methyl sites for hydroxylation is 2. The number of rotatable bonds is 6. The Balaban J connectivity index is 2.16. The molecule has 0 spiro atoms. The molecule has 1 N–H and O–H groups in total. The van der Waals surface area contributed by atoms with Crippen molar-refractivity contribution in [2.24, 2.45) is 0 Å². The van der Waals surface area contributed by atoms with Gasteiger partial charge in [0.1, 0.15) is 5.75 Å². The molecule has 0 fully saturated rings. The molecule has 0 aromatic heterocycles. The van der Waals surface area contributed by atoms with E-state index in [2.05, 4.69) is 0 Å². The maximum atomic E-state index is 12.1. The summed E-state index contributed by atoms with van der Waals surface area (Å²) in [5, 5.41) is 9.28. The number of carboxylic acid groups (broad SMARTS) is 1. The zero-order chi connectivity index (χ0) is 17.7. The number of allylic oxidation sites excluding steroid dienone is 1. The number of carbonyl (C=O) groups excluding carboxylic acids is 1. The van der Waals surface area contributed by atoms with Crippen molar-refractivity contribution in [3.05, 3.63) is 69.8 Å². The molecule has 24 heavy (non-hydrogen) atoms. The van der Waals surface area contributed by atoms with E-state index in [1.165, 1.54) is 6.08 Å². The van der Waals surface area contributed by atoms with Gasteiger partial charge in [0, 0.05) is 10.6 Å². The Morgan fingerprint density at radius 1 is 1.12 bits per heavy atom. The van der Waals surface area contributed by atoms with Crippen LogP contribution in [0.3, 0.4) is 0 Å². The van der Waals surface area contributed by atoms with Gasteiger partial charge in [-0.1, -0.05) is 17.7 Å². The molecule has 0 amide bonds. The highest BCUT2D eigenvalue weighted by molar-refractivity contribution is 6.30. The number of halogens is 1. The van der Waals surface area contributed by atoms with Gasteiger partial charge in [-0.15, -0.1) is 0 Å². The quantitative estimate of drug-likeness (QED) is 0.626. The minimum absolute atomic E-state index is 0.117. The van der Waals surface area contributed by atoms with E-state index in [1.54, 1.807) is 30.3 Å². The Morgan fingerprint density at radius 2 is 1.71 bits per heavy atom. The van der Waals surface area contributed by atoms with Gasteiger partial charge in [0.25, 0.3) is 0 Å². The van der Waals surface area contributed by atoms with Gasteiger partial charge in [-0.3, -0.25) is 4.79 Å². The predicted molar refractivity (Wildman–Crippen MR) is 93.9 cm³/mol. The van der Waals surface area contributed by atoms with Crippen LogP contribution in [-0.4, -0.2) is 23.5 Å². The molecule has 0 saturated heterocycles. The topological polar surface area (TPSA) is 63.6 Å². The molecule has 0 unspecified atom stereocenters. The Labute approximate surface area is 145 Å². The molecule has 0 aliphatic heterocycles. The average molecular weight is 345 g/mol. The fourth-order valence-electron chi connectivity index (χ4n) is 2.32. The van der Waals surface area contributed by atoms with Crippen molar-refractivity contribution in [1.82, 2.24) is 0 Å². The smallest absolute Gasteiger partial charge is 0.341 e. The minimum atomic E-state index is -1.02. The molecular weight excluding hydrogens is 328 g/mol. The summed E-state index contributed by atoms with van der Waals surface area (Å²) < 4.78 is 5.29. The zero-order valence-corrected chi connectivity index (χ0v) is 14.1. The highest BCUT2D eigenvalue weighted by Gasteiger charge is 2.08. The van der Waals surface area contributed by atoms with E-state index in [4.69, 9.17) is 21.4 Å². The summed E-state index contributed by atoms with van der Waals surface area (Å²) in [5.74, 6) is -0.585. The molecule has 0 aliphatic carbocycles. The Bertz CT molecular complexity index is 769. The second-order valence-corrected chi connectivity index (χ2v) is 5.81. The number of aliphatic carboxylic acids is 1. The maximum absolute atomic E-state index is 12.1. The van der Waals surface area contributed by atoms with Crippen LogP contribution in [0.25, 0.3) is 6.08 Å². The van der Waals surface area contributed by atoms with Crippen LogP contribution in [0.2, 0.25) is 5.02 Å². The second kappa shape index (κ2) is 7.79. The second-order valence-electron chi connectivity index (χ2n) is 5.37. The van der Waals surface area contributed by atoms with Gasteiger partial charge in [-0.25, -0.2) is 4.79 Å². The van der Waals surface area contributed by atoms with Crippen LogP contribution in [0.5, 0.6) is 5.75 Å². The summed E-state index contributed by atoms with van der Waals surface area (Å²) in [6.45, 7) is 3.29. The highest BCUT2D eigenvalue weighted by Crippen LogP contribution is 2.25. The van der Waals surface area contributed by atoms with Crippen LogP contribution in [0.15, 0.2) is 42.5 Å². The lowest BCUT2D eigenvalue weighted by Crippen LogP contribution is -2.11. The third-order valence-corrected chi connectivity index (χ3v) is 3.63. The number of benzene rings is 2. The van der Waals surface area contributed by atoms with E-state index >= 15 is 0 Å². The van der Waals surface area contributed by atoms with Crippen molar-refractivity contribution in [3.8, 4) is 5.75 Å². The summed E-state index contributed by atoms with van der Waals surface area (Å²) in [4.78, 5) is 22.7. The van der Waals surface area contributed by atoms with Crippen molar-refractivity contribution < 1.29 is 19.4 Å². The summed E-state index contributed by atoms with van der Waals surface area (Å²) in [6, 6.07) is 10.4. The number of ketones is 1. The van der Waals surface area contributed by atoms with Crippen molar-refractivity contribution in [3.63, 3.8) is 0 Å². The molecule has 0 saturated carbocycles. The largest absolute Gasteiger partial charge is 0.481 e. The molecule has 0 radical (unpaired) electrons. The molecule has 2 aromatic carbocycles. The summed E-state index contributed by atoms with van der Waals surface area (Å²) in [6.07, 6.45) is 3.22. The first-order valence-corrected chi connectivity index (χ1v) is 7.68. The molecule has 0 atom stereocenters. The summed E-state index contributed by atoms with van der Waals surface area (Å²) in [5.41, 5.74) is 3.03. The van der Waals surface area contributed by atoms with Gasteiger partial charge in [-0.2, -0.15) is 0 Å². The molecule has 2 aromatic rings. The Morgan fingerprint density at radius 3 is 2.25 bits per heavy atom. The fraction of sp³-hybridized carbons (Fsp3) is 0.158. The van der Waals surface area contributed by atoms with Crippen molar-refractivity contribution in [1.29, 1.82) is 0 Å². The number of carboxylic acids is 1. The summed E-state index contributed by atoms with van der Waals surface area (Å²) in [7, 11) is 0. The lowest BCUT2D eigenvalue weighted by Gasteiger charge is -2.11. The Hall–Kier alpha value is -2.59. The molecular formula is C19H17ClO4. The van der Waals surface area contributed by atoms with Crippen LogP contribution in [0.1, 0.15) is 27.0 Å². The molecule has 5 heteroatoms. The van der Waals surface area contributed by atoms with Crippen LogP contribution in [0, 0.1) is 13.8 Å². The van der Waals surface area contributed by atoms with Crippen molar-refractivity contribution >= 4 is 29.4 Å². The van der Waals surface area contributed by atoms with Gasteiger partial charge < -0.3 is 9.84 Å². The SMILES string of the molecule is Cc1cc(/C=C/C(=O)c2ccc(Cl)cc2)cc(C)c1OCC(=O)O. The minimum Gasteiger partial charge on any atom is -0.481 e. The van der Waals surface area contributed by atoms with Crippen molar-refractivity contribution in [2.45, 2.75) is 13.8 Å². The summed E-state index contributed by atoms with van der Waals surface area (Å²) >= 11 is 5.81. The number of hydrogen-bond donors (Lipinski definition) is 1. The van der Waals surface area contributed by atoms with E-state index in [0.29, 0.717) is 16.3 Å². The van der Waals surface area contributed by atoms with Gasteiger partial charge in [0.15, 0.2) is 12.4 Å². The third-order valence-electron chi connectivity index (χ3n) is 3.38. The van der Waals surface area contributed by atoms with Crippen LogP contribution in [-0.2, 0) is 4.79 Å². The molecule has 0 heterocycles. The van der Waals surface area contributed by atoms with Gasteiger partial charge in [0.05, 0.1) is 0 Å². The number of hydrogen-bond acceptors (Lipinski definition) is 3. The number of ether oxygens (including phenoxy) is 1. The van der Waals surface area contributed by atoms with E-state index in [0.717, 1.165) is 16.7 Å². The van der Waals surface area contributed by atoms with E-state index < -0.39 is 5.97 Å². The van der Waals surface area contributed by atoms with E-state index in [1.807, 2.05) is 26.0 Å². The Kier molecular flexibility index (Phi) is 5.77. The van der Waals surface area contributed by atoms with E-state index in [-0.39, 0.29) is 12.4 Å². The normalized spacial score (nSPS) is 10.8. The standard InChI is InChI=1S/C19H17ClO4/c1-12-9-14(10-13(2)19(12)24-11-18(22)23)3-8-17(21)15-4-6-16(20)7-5-15/h3-10H,11H2,1-2H3,(H,22,23)/b8-3+. The van der Waals surface area contributed by atoms with E-state index in [9.17, 15) is 9.59 Å².